The number of carbonyl (C=O) groups excluding carboxylic acids is 1. The van der Waals surface area contributed by atoms with Gasteiger partial charge in [0, 0.05) is 17.3 Å². The molecule has 2 rings (SSSR count). The third-order valence-corrected chi connectivity index (χ3v) is 3.24. The Morgan fingerprint density at radius 2 is 1.95 bits per heavy atom. The smallest absolute Gasteiger partial charge is 0.238 e. The van der Waals surface area contributed by atoms with Gasteiger partial charge in [-0.1, -0.05) is 30.3 Å². The third kappa shape index (κ3) is 4.39. The monoisotopic (exact) mass is 286 g/mol. The molecule has 2 N–H and O–H groups in total. The first-order valence-electron chi connectivity index (χ1n) is 6.90. The van der Waals surface area contributed by atoms with E-state index in [2.05, 4.69) is 10.6 Å². The van der Waals surface area contributed by atoms with E-state index in [1.807, 2.05) is 38.1 Å². The first-order chi connectivity index (χ1) is 10.1. The molecule has 110 valence electrons. The summed E-state index contributed by atoms with van der Waals surface area (Å²) in [5.74, 6) is -0.416. The average Bonchev–Trinajstić information content (AvgIpc) is 2.45. The quantitative estimate of drug-likeness (QED) is 0.884. The summed E-state index contributed by atoms with van der Waals surface area (Å²) in [5, 5.41) is 5.83. The second kappa shape index (κ2) is 6.99. The van der Waals surface area contributed by atoms with Crippen LogP contribution in [0.15, 0.2) is 48.5 Å². The number of carbonyl (C=O) groups is 1. The van der Waals surface area contributed by atoms with Crippen molar-refractivity contribution >= 4 is 11.6 Å². The predicted molar refractivity (Wildman–Crippen MR) is 82.6 cm³/mol. The molecule has 1 amide bonds. The van der Waals surface area contributed by atoms with Gasteiger partial charge >= 0.3 is 0 Å². The standard InChI is InChI=1S/C17H19FN2O/c1-12-6-5-7-14(10-12)20-17(21)11-19-13(2)15-8-3-4-9-16(15)18/h3-10,13,19H,11H2,1-2H3,(H,20,21). The zero-order chi connectivity index (χ0) is 15.2. The average molecular weight is 286 g/mol. The van der Waals surface area contributed by atoms with Gasteiger partial charge < -0.3 is 10.6 Å². The summed E-state index contributed by atoms with van der Waals surface area (Å²) >= 11 is 0. The maximum absolute atomic E-state index is 13.6. The van der Waals surface area contributed by atoms with Crippen LogP contribution in [0.2, 0.25) is 0 Å². The minimum Gasteiger partial charge on any atom is -0.325 e. The molecule has 4 heteroatoms. The molecule has 2 aromatic rings. The van der Waals surface area contributed by atoms with E-state index in [0.29, 0.717) is 5.56 Å². The Morgan fingerprint density at radius 3 is 2.67 bits per heavy atom. The fourth-order valence-electron chi connectivity index (χ4n) is 2.11. The first-order valence-corrected chi connectivity index (χ1v) is 6.90. The van der Waals surface area contributed by atoms with Gasteiger partial charge in [-0.15, -0.1) is 0 Å². The molecule has 0 aliphatic carbocycles. The van der Waals surface area contributed by atoms with Crippen LogP contribution in [0, 0.1) is 12.7 Å². The van der Waals surface area contributed by atoms with Gasteiger partial charge in [0.05, 0.1) is 6.54 Å². The van der Waals surface area contributed by atoms with E-state index in [-0.39, 0.29) is 24.3 Å². The molecule has 21 heavy (non-hydrogen) atoms. The molecular weight excluding hydrogens is 267 g/mol. The lowest BCUT2D eigenvalue weighted by Gasteiger charge is -2.15. The van der Waals surface area contributed by atoms with Gasteiger partial charge in [0.2, 0.25) is 5.91 Å². The minimum absolute atomic E-state index is 0.128. The van der Waals surface area contributed by atoms with Gasteiger partial charge in [-0.25, -0.2) is 4.39 Å². The highest BCUT2D eigenvalue weighted by Crippen LogP contribution is 2.15. The Morgan fingerprint density at radius 1 is 1.19 bits per heavy atom. The normalized spacial score (nSPS) is 12.0. The summed E-state index contributed by atoms with van der Waals surface area (Å²) in [4.78, 5) is 11.9. The Hall–Kier alpha value is -2.20. The molecular formula is C17H19FN2O. The maximum Gasteiger partial charge on any atom is 0.238 e. The fourth-order valence-corrected chi connectivity index (χ4v) is 2.11. The van der Waals surface area contributed by atoms with Crippen molar-refractivity contribution < 1.29 is 9.18 Å². The third-order valence-electron chi connectivity index (χ3n) is 3.24. The van der Waals surface area contributed by atoms with E-state index in [1.54, 1.807) is 18.2 Å². The van der Waals surface area contributed by atoms with Crippen LogP contribution in [0.1, 0.15) is 24.1 Å². The summed E-state index contributed by atoms with van der Waals surface area (Å²) < 4.78 is 13.6. The van der Waals surface area contributed by atoms with Crippen LogP contribution < -0.4 is 10.6 Å². The Labute approximate surface area is 124 Å². The highest BCUT2D eigenvalue weighted by molar-refractivity contribution is 5.92. The molecule has 2 aromatic carbocycles. The van der Waals surface area contributed by atoms with Crippen molar-refractivity contribution in [2.45, 2.75) is 19.9 Å². The van der Waals surface area contributed by atoms with E-state index in [0.717, 1.165) is 11.3 Å². The largest absolute Gasteiger partial charge is 0.325 e. The number of hydrogen-bond donors (Lipinski definition) is 2. The topological polar surface area (TPSA) is 41.1 Å². The highest BCUT2D eigenvalue weighted by Gasteiger charge is 2.11. The minimum atomic E-state index is -0.267. The zero-order valence-corrected chi connectivity index (χ0v) is 12.2. The van der Waals surface area contributed by atoms with Crippen molar-refractivity contribution in [1.29, 1.82) is 0 Å². The van der Waals surface area contributed by atoms with E-state index < -0.39 is 0 Å². The van der Waals surface area contributed by atoms with Gasteiger partial charge in [-0.05, 0) is 37.6 Å². The molecule has 0 bridgehead atoms. The molecule has 0 saturated heterocycles. The number of amides is 1. The summed E-state index contributed by atoms with van der Waals surface area (Å²) in [6, 6.07) is 13.9. The molecule has 0 spiro atoms. The van der Waals surface area contributed by atoms with Crippen LogP contribution in [0.5, 0.6) is 0 Å². The number of anilines is 1. The van der Waals surface area contributed by atoms with E-state index in [9.17, 15) is 9.18 Å². The lowest BCUT2D eigenvalue weighted by molar-refractivity contribution is -0.115. The van der Waals surface area contributed by atoms with Gasteiger partial charge in [-0.3, -0.25) is 4.79 Å². The number of rotatable bonds is 5. The molecule has 0 aromatic heterocycles. The molecule has 0 radical (unpaired) electrons. The SMILES string of the molecule is Cc1cccc(NC(=O)CNC(C)c2ccccc2F)c1. The molecule has 3 nitrogen and oxygen atoms in total. The van der Waals surface area contributed by atoms with E-state index in [1.165, 1.54) is 6.07 Å². The number of halogens is 1. The van der Waals surface area contributed by atoms with Crippen molar-refractivity contribution in [1.82, 2.24) is 5.32 Å². The predicted octanol–water partition coefficient (Wildman–Crippen LogP) is 3.42. The number of nitrogens with one attached hydrogen (secondary N) is 2. The van der Waals surface area contributed by atoms with Crippen molar-refractivity contribution in [2.75, 3.05) is 11.9 Å². The first kappa shape index (κ1) is 15.2. The fraction of sp³-hybridized carbons (Fsp3) is 0.235. The van der Waals surface area contributed by atoms with Gasteiger partial charge in [0.25, 0.3) is 0 Å². The van der Waals surface area contributed by atoms with E-state index >= 15 is 0 Å². The Balaban J connectivity index is 1.88. The lowest BCUT2D eigenvalue weighted by Crippen LogP contribution is -2.30. The van der Waals surface area contributed by atoms with Crippen molar-refractivity contribution in [2.24, 2.45) is 0 Å². The van der Waals surface area contributed by atoms with Crippen LogP contribution in [-0.4, -0.2) is 12.5 Å². The summed E-state index contributed by atoms with van der Waals surface area (Å²) in [7, 11) is 0. The summed E-state index contributed by atoms with van der Waals surface area (Å²) in [6.45, 7) is 3.93. The van der Waals surface area contributed by atoms with Crippen LogP contribution in [0.3, 0.4) is 0 Å². The highest BCUT2D eigenvalue weighted by atomic mass is 19.1. The zero-order valence-electron chi connectivity index (χ0n) is 12.2. The van der Waals surface area contributed by atoms with Gasteiger partial charge in [0.1, 0.15) is 5.82 Å². The second-order valence-electron chi connectivity index (χ2n) is 5.04. The number of aryl methyl sites for hydroxylation is 1. The van der Waals surface area contributed by atoms with Crippen molar-refractivity contribution in [3.8, 4) is 0 Å². The Kier molecular flexibility index (Phi) is 5.06. The van der Waals surface area contributed by atoms with Crippen molar-refractivity contribution in [3.05, 3.63) is 65.5 Å². The molecule has 0 heterocycles. The molecule has 1 atom stereocenters. The molecule has 1 unspecified atom stereocenters. The van der Waals surface area contributed by atoms with Gasteiger partial charge in [0.15, 0.2) is 0 Å². The summed E-state index contributed by atoms with van der Waals surface area (Å²) in [5.41, 5.74) is 2.40. The molecule has 0 fully saturated rings. The van der Waals surface area contributed by atoms with Crippen molar-refractivity contribution in [3.63, 3.8) is 0 Å². The van der Waals surface area contributed by atoms with Crippen LogP contribution in [-0.2, 0) is 4.79 Å². The maximum atomic E-state index is 13.6. The van der Waals surface area contributed by atoms with E-state index in [4.69, 9.17) is 0 Å². The van der Waals surface area contributed by atoms with Crippen LogP contribution >= 0.6 is 0 Å². The summed E-state index contributed by atoms with van der Waals surface area (Å²) in [6.07, 6.45) is 0. The second-order valence-corrected chi connectivity index (χ2v) is 5.04. The Bertz CT molecular complexity index is 628. The van der Waals surface area contributed by atoms with Crippen LogP contribution in [0.25, 0.3) is 0 Å². The number of benzene rings is 2. The van der Waals surface area contributed by atoms with Gasteiger partial charge in [-0.2, -0.15) is 0 Å². The number of hydrogen-bond acceptors (Lipinski definition) is 2. The molecule has 0 saturated carbocycles. The van der Waals surface area contributed by atoms with Crippen LogP contribution in [0.4, 0.5) is 10.1 Å². The lowest BCUT2D eigenvalue weighted by atomic mass is 10.1. The molecule has 0 aliphatic heterocycles. The molecule has 0 aliphatic rings.